The summed E-state index contributed by atoms with van der Waals surface area (Å²) in [6.45, 7) is 13.8. The summed E-state index contributed by atoms with van der Waals surface area (Å²) in [5.74, 6) is 0. The third kappa shape index (κ3) is 6.88. The van der Waals surface area contributed by atoms with E-state index in [1.54, 1.807) is 0 Å². The summed E-state index contributed by atoms with van der Waals surface area (Å²) < 4.78 is 0. The molecule has 0 bridgehead atoms. The van der Waals surface area contributed by atoms with E-state index < -0.39 is 0 Å². The Hall–Kier alpha value is -8.08. The van der Waals surface area contributed by atoms with E-state index in [0.29, 0.717) is 0 Å². The van der Waals surface area contributed by atoms with Crippen LogP contribution in [0.1, 0.15) is 52.7 Å². The van der Waals surface area contributed by atoms with Crippen molar-refractivity contribution in [3.05, 3.63) is 230 Å². The van der Waals surface area contributed by atoms with Gasteiger partial charge in [-0.3, -0.25) is 0 Å². The second kappa shape index (κ2) is 15.7. The maximum Gasteiger partial charge on any atom is 0.252 e. The van der Waals surface area contributed by atoms with Gasteiger partial charge in [-0.15, -0.1) is 0 Å². The van der Waals surface area contributed by atoms with Gasteiger partial charge in [-0.05, 0) is 154 Å². The van der Waals surface area contributed by atoms with Gasteiger partial charge in [0, 0.05) is 45.5 Å². The molecule has 11 aromatic rings. The number of hydrogen-bond donors (Lipinski definition) is 0. The van der Waals surface area contributed by atoms with Crippen LogP contribution in [0.3, 0.4) is 0 Å². The lowest BCUT2D eigenvalue weighted by Crippen LogP contribution is -2.61. The maximum atomic E-state index is 2.58. The highest BCUT2D eigenvalue weighted by Gasteiger charge is 2.44. The Labute approximate surface area is 412 Å². The van der Waals surface area contributed by atoms with Gasteiger partial charge in [-0.25, -0.2) is 0 Å². The van der Waals surface area contributed by atoms with E-state index in [1.807, 2.05) is 0 Å². The molecule has 13 rings (SSSR count). The molecule has 0 radical (unpaired) electrons. The van der Waals surface area contributed by atoms with Crippen LogP contribution in [-0.4, -0.2) is 6.71 Å². The highest BCUT2D eigenvalue weighted by molar-refractivity contribution is 7.00. The van der Waals surface area contributed by atoms with Gasteiger partial charge in [0.2, 0.25) is 0 Å². The molecule has 336 valence electrons. The van der Waals surface area contributed by atoms with Crippen molar-refractivity contribution in [1.82, 2.24) is 0 Å². The number of fused-ring (bicyclic) bond motifs is 8. The molecule has 0 saturated heterocycles. The van der Waals surface area contributed by atoms with E-state index >= 15 is 0 Å². The lowest BCUT2D eigenvalue weighted by Gasteiger charge is -2.45. The lowest BCUT2D eigenvalue weighted by molar-refractivity contribution is 0.590. The molecule has 11 aromatic carbocycles. The normalized spacial score (nSPS) is 13.2. The Morgan fingerprint density at radius 1 is 0.314 bits per heavy atom. The zero-order valence-corrected chi connectivity index (χ0v) is 40.7. The summed E-state index contributed by atoms with van der Waals surface area (Å²) >= 11 is 0. The standard InChI is InChI=1S/C66H54BN3/c1-65(2,3)51-25-15-27-53(39-51)68(54-28-16-26-52(40-54)66(4,5)6)57-41-62-64-63(42-57)70(56-32-30-44-18-8-10-20-46(44)34-56)61-38-50-24-14-12-22-48(50)36-59(61)67(64)58-35-47-21-11-13-23-49(47)37-60(58)69(62)55-31-29-43-17-7-9-19-45(43)33-55/h7-42H,1-6H3. The van der Waals surface area contributed by atoms with E-state index in [-0.39, 0.29) is 17.5 Å². The fraction of sp³-hybridized carbons (Fsp3) is 0.121. The summed E-state index contributed by atoms with van der Waals surface area (Å²) in [6.07, 6.45) is 0. The van der Waals surface area contributed by atoms with Gasteiger partial charge in [0.15, 0.2) is 0 Å². The number of hydrogen-bond acceptors (Lipinski definition) is 3. The molecule has 0 N–H and O–H groups in total. The van der Waals surface area contributed by atoms with Crippen LogP contribution in [0.5, 0.6) is 0 Å². The zero-order chi connectivity index (χ0) is 47.5. The highest BCUT2D eigenvalue weighted by Crippen LogP contribution is 2.50. The van der Waals surface area contributed by atoms with Crippen LogP contribution in [-0.2, 0) is 10.8 Å². The van der Waals surface area contributed by atoms with Gasteiger partial charge < -0.3 is 14.7 Å². The number of anilines is 9. The molecule has 0 amide bonds. The molecule has 0 unspecified atom stereocenters. The average Bonchev–Trinajstić information content (AvgIpc) is 3.37. The Morgan fingerprint density at radius 2 is 0.686 bits per heavy atom. The van der Waals surface area contributed by atoms with Crippen LogP contribution in [0.4, 0.5) is 51.2 Å². The number of benzene rings is 11. The maximum absolute atomic E-state index is 2.58. The summed E-state index contributed by atoms with van der Waals surface area (Å²) in [5.41, 5.74) is 16.7. The fourth-order valence-electron chi connectivity index (χ4n) is 11.3. The fourth-order valence-corrected chi connectivity index (χ4v) is 11.3. The van der Waals surface area contributed by atoms with Gasteiger partial charge in [0.1, 0.15) is 0 Å². The van der Waals surface area contributed by atoms with Crippen LogP contribution in [0.2, 0.25) is 0 Å². The summed E-state index contributed by atoms with van der Waals surface area (Å²) in [7, 11) is 0. The molecule has 0 aliphatic carbocycles. The van der Waals surface area contributed by atoms with Crippen molar-refractivity contribution in [3.8, 4) is 0 Å². The zero-order valence-electron chi connectivity index (χ0n) is 40.7. The van der Waals surface area contributed by atoms with E-state index in [2.05, 4.69) is 275 Å². The molecule has 2 aliphatic heterocycles. The topological polar surface area (TPSA) is 9.72 Å². The van der Waals surface area contributed by atoms with Gasteiger partial charge in [0.05, 0.1) is 5.69 Å². The SMILES string of the molecule is CC(C)(C)c1cccc(N(c2cccc(C(C)(C)C)c2)c2cc3c4c(c2)N(c2ccc5ccccc5c2)c2cc5ccccc5cc2B4c2cc4ccccc4cc2N3c2ccc3ccccc3c2)c1. The van der Waals surface area contributed by atoms with Crippen molar-refractivity contribution in [3.63, 3.8) is 0 Å². The second-order valence-electron chi connectivity index (χ2n) is 21.5. The summed E-state index contributed by atoms with van der Waals surface area (Å²) in [6, 6.07) is 82.5. The molecule has 4 heteroatoms. The molecular weight excluding hydrogens is 846 g/mol. The molecule has 0 fully saturated rings. The van der Waals surface area contributed by atoms with Crippen molar-refractivity contribution < 1.29 is 0 Å². The predicted molar refractivity (Wildman–Crippen MR) is 303 cm³/mol. The average molecular weight is 900 g/mol. The minimum Gasteiger partial charge on any atom is -0.311 e. The first-order chi connectivity index (χ1) is 33.9. The summed E-state index contributed by atoms with van der Waals surface area (Å²) in [5, 5.41) is 9.80. The third-order valence-corrected chi connectivity index (χ3v) is 15.0. The van der Waals surface area contributed by atoms with Crippen molar-refractivity contribution in [2.45, 2.75) is 52.4 Å². The monoisotopic (exact) mass is 899 g/mol. The van der Waals surface area contributed by atoms with E-state index in [4.69, 9.17) is 0 Å². The van der Waals surface area contributed by atoms with Crippen LogP contribution in [0, 0.1) is 0 Å². The molecular formula is C66H54BN3. The van der Waals surface area contributed by atoms with Gasteiger partial charge in [-0.2, -0.15) is 0 Å². The van der Waals surface area contributed by atoms with E-state index in [0.717, 1.165) is 28.4 Å². The Bertz CT molecular complexity index is 3660. The Kier molecular flexibility index (Phi) is 9.45. The van der Waals surface area contributed by atoms with Gasteiger partial charge >= 0.3 is 0 Å². The molecule has 0 atom stereocenters. The molecule has 0 spiro atoms. The second-order valence-corrected chi connectivity index (χ2v) is 21.5. The van der Waals surface area contributed by atoms with Crippen LogP contribution < -0.4 is 31.1 Å². The minimum atomic E-state index is -0.0615. The Morgan fingerprint density at radius 3 is 1.09 bits per heavy atom. The van der Waals surface area contributed by atoms with E-state index in [9.17, 15) is 0 Å². The first kappa shape index (κ1) is 42.1. The smallest absolute Gasteiger partial charge is 0.252 e. The predicted octanol–water partition coefficient (Wildman–Crippen LogP) is 16.4. The molecule has 0 aromatic heterocycles. The van der Waals surface area contributed by atoms with Crippen molar-refractivity contribution >= 4 is 117 Å². The quantitative estimate of drug-likeness (QED) is 0.159. The van der Waals surface area contributed by atoms with Crippen LogP contribution in [0.25, 0.3) is 43.1 Å². The third-order valence-electron chi connectivity index (χ3n) is 15.0. The van der Waals surface area contributed by atoms with Crippen molar-refractivity contribution in [1.29, 1.82) is 0 Å². The minimum absolute atomic E-state index is 0.0528. The first-order valence-electron chi connectivity index (χ1n) is 24.8. The largest absolute Gasteiger partial charge is 0.311 e. The highest BCUT2D eigenvalue weighted by atomic mass is 15.2. The van der Waals surface area contributed by atoms with Gasteiger partial charge in [-0.1, -0.05) is 187 Å². The lowest BCUT2D eigenvalue weighted by atomic mass is 9.33. The van der Waals surface area contributed by atoms with Crippen LogP contribution >= 0.6 is 0 Å². The molecule has 0 saturated carbocycles. The number of nitrogens with zero attached hydrogens (tertiary/aromatic N) is 3. The van der Waals surface area contributed by atoms with Crippen molar-refractivity contribution in [2.75, 3.05) is 14.7 Å². The van der Waals surface area contributed by atoms with Crippen molar-refractivity contribution in [2.24, 2.45) is 0 Å². The number of rotatable bonds is 5. The molecule has 2 aliphatic rings. The molecule has 2 heterocycles. The van der Waals surface area contributed by atoms with Gasteiger partial charge in [0.25, 0.3) is 6.71 Å². The van der Waals surface area contributed by atoms with E-state index in [1.165, 1.54) is 93.4 Å². The summed E-state index contributed by atoms with van der Waals surface area (Å²) in [4.78, 5) is 7.67. The molecule has 3 nitrogen and oxygen atoms in total. The van der Waals surface area contributed by atoms with Crippen LogP contribution in [0.15, 0.2) is 218 Å². The molecule has 70 heavy (non-hydrogen) atoms. The Balaban J connectivity index is 1.19. The first-order valence-corrected chi connectivity index (χ1v) is 24.8.